The van der Waals surface area contributed by atoms with Crippen molar-refractivity contribution in [2.75, 3.05) is 0 Å². The average molecular weight is 132 g/mol. The molecule has 0 aliphatic rings. The van der Waals surface area contributed by atoms with Crippen LogP contribution in [0.2, 0.25) is 0 Å². The van der Waals surface area contributed by atoms with E-state index in [9.17, 15) is 4.79 Å². The molecule has 0 saturated heterocycles. The van der Waals surface area contributed by atoms with Crippen molar-refractivity contribution < 1.29 is 4.79 Å². The number of rotatable bonds is 2. The van der Waals surface area contributed by atoms with Crippen LogP contribution >= 0.6 is 11.9 Å². The van der Waals surface area contributed by atoms with Gasteiger partial charge in [-0.1, -0.05) is 0 Å². The van der Waals surface area contributed by atoms with E-state index in [1.165, 1.54) is 11.9 Å². The van der Waals surface area contributed by atoms with Gasteiger partial charge in [0, 0.05) is 4.75 Å². The van der Waals surface area contributed by atoms with Crippen molar-refractivity contribution in [3.8, 4) is 0 Å². The summed E-state index contributed by atoms with van der Waals surface area (Å²) in [5.41, 5.74) is 0. The van der Waals surface area contributed by atoms with Gasteiger partial charge in [-0.3, -0.25) is 9.52 Å². The summed E-state index contributed by atoms with van der Waals surface area (Å²) in [5, 5.41) is 0. The Bertz CT molecular complexity index is 77.0. The van der Waals surface area contributed by atoms with E-state index in [0.717, 1.165) is 0 Å². The van der Waals surface area contributed by atoms with Crippen LogP contribution in [0.15, 0.2) is 0 Å². The first-order valence-electron chi connectivity index (χ1n) is 2.36. The highest BCUT2D eigenvalue weighted by atomic mass is 32.2. The van der Waals surface area contributed by atoms with E-state index in [2.05, 4.69) is 4.72 Å². The summed E-state index contributed by atoms with van der Waals surface area (Å²) in [6.45, 7) is 6.05. The third-order valence-corrected chi connectivity index (χ3v) is 1.20. The standard InChI is InChI=1S/C5H10NOS/c1-5(2,3)8-6-4-7/h1-3H3,(H,6,7). The second-order valence-corrected chi connectivity index (χ2v) is 4.05. The molecule has 0 aliphatic carbocycles. The van der Waals surface area contributed by atoms with Crippen LogP contribution in [0.1, 0.15) is 20.8 Å². The number of carbonyl (C=O) groups excluding carboxylic acids is 1. The molecule has 0 atom stereocenters. The lowest BCUT2D eigenvalue weighted by molar-refractivity contribution is 0.554. The molecule has 0 aliphatic heterocycles. The van der Waals surface area contributed by atoms with Gasteiger partial charge in [0.1, 0.15) is 0 Å². The van der Waals surface area contributed by atoms with Crippen LogP contribution in [0.4, 0.5) is 0 Å². The third-order valence-electron chi connectivity index (χ3n) is 0.399. The van der Waals surface area contributed by atoms with Crippen LogP contribution in [0, 0.1) is 0 Å². The zero-order chi connectivity index (χ0) is 6.62. The SMILES string of the molecule is CC(C)(C)SN[C]=O. The molecule has 8 heavy (non-hydrogen) atoms. The van der Waals surface area contributed by atoms with Crippen LogP contribution in [0.3, 0.4) is 0 Å². The Morgan fingerprint density at radius 3 is 2.12 bits per heavy atom. The van der Waals surface area contributed by atoms with Gasteiger partial charge in [-0.15, -0.1) is 0 Å². The van der Waals surface area contributed by atoms with Crippen molar-refractivity contribution in [2.45, 2.75) is 25.5 Å². The maximum atomic E-state index is 9.59. The van der Waals surface area contributed by atoms with Crippen LogP contribution in [-0.4, -0.2) is 11.2 Å². The van der Waals surface area contributed by atoms with Crippen molar-refractivity contribution >= 4 is 18.4 Å². The first-order valence-corrected chi connectivity index (χ1v) is 3.18. The van der Waals surface area contributed by atoms with Crippen LogP contribution in [-0.2, 0) is 4.79 Å². The highest BCUT2D eigenvalue weighted by molar-refractivity contribution is 7.99. The molecule has 0 aromatic carbocycles. The number of hydrogen-bond donors (Lipinski definition) is 1. The van der Waals surface area contributed by atoms with E-state index >= 15 is 0 Å². The summed E-state index contributed by atoms with van der Waals surface area (Å²) in [7, 11) is 0. The quantitative estimate of drug-likeness (QED) is 0.450. The molecule has 1 radical (unpaired) electrons. The Balaban J connectivity index is 3.24. The number of nitrogens with one attached hydrogen (secondary N) is 1. The first kappa shape index (κ1) is 7.82. The molecule has 0 fully saturated rings. The van der Waals surface area contributed by atoms with Gasteiger partial charge < -0.3 is 0 Å². The first-order chi connectivity index (χ1) is 3.56. The second-order valence-electron chi connectivity index (χ2n) is 2.42. The van der Waals surface area contributed by atoms with E-state index < -0.39 is 0 Å². The smallest absolute Gasteiger partial charge is 0.291 e. The fourth-order valence-corrected chi connectivity index (χ4v) is 0.522. The monoisotopic (exact) mass is 132 g/mol. The Kier molecular flexibility index (Phi) is 2.90. The number of amides is 1. The molecule has 0 bridgehead atoms. The summed E-state index contributed by atoms with van der Waals surface area (Å²) in [6, 6.07) is 0. The van der Waals surface area contributed by atoms with Crippen LogP contribution in [0.5, 0.6) is 0 Å². The second kappa shape index (κ2) is 2.97. The fourth-order valence-electron chi connectivity index (χ4n) is 0.174. The predicted octanol–water partition coefficient (Wildman–Crippen LogP) is 1.09. The van der Waals surface area contributed by atoms with Gasteiger partial charge in [0.25, 0.3) is 0 Å². The lowest BCUT2D eigenvalue weighted by atomic mass is 10.3. The highest BCUT2D eigenvalue weighted by Crippen LogP contribution is 2.18. The Morgan fingerprint density at radius 2 is 2.00 bits per heavy atom. The van der Waals surface area contributed by atoms with E-state index in [0.29, 0.717) is 0 Å². The molecular formula is C5H10NOS. The minimum absolute atomic E-state index is 0.0947. The lowest BCUT2D eigenvalue weighted by Gasteiger charge is -2.14. The van der Waals surface area contributed by atoms with Gasteiger partial charge in [0.2, 0.25) is 0 Å². The molecule has 1 amide bonds. The molecule has 0 unspecified atom stereocenters. The topological polar surface area (TPSA) is 29.1 Å². The van der Waals surface area contributed by atoms with Crippen molar-refractivity contribution in [1.82, 2.24) is 4.72 Å². The van der Waals surface area contributed by atoms with E-state index in [1.54, 1.807) is 6.41 Å². The van der Waals surface area contributed by atoms with Gasteiger partial charge in [0.15, 0.2) is 0 Å². The van der Waals surface area contributed by atoms with Crippen molar-refractivity contribution in [1.29, 1.82) is 0 Å². The van der Waals surface area contributed by atoms with Gasteiger partial charge in [-0.2, -0.15) is 0 Å². The van der Waals surface area contributed by atoms with E-state index in [-0.39, 0.29) is 4.75 Å². The Hall–Kier alpha value is -0.180. The van der Waals surface area contributed by atoms with Gasteiger partial charge >= 0.3 is 6.41 Å². The Labute approximate surface area is 54.2 Å². The molecule has 3 heteroatoms. The summed E-state index contributed by atoms with van der Waals surface area (Å²) < 4.78 is 2.49. The minimum Gasteiger partial charge on any atom is -0.291 e. The van der Waals surface area contributed by atoms with E-state index in [1.807, 2.05) is 20.8 Å². The van der Waals surface area contributed by atoms with Gasteiger partial charge in [0.05, 0.1) is 0 Å². The molecule has 2 nitrogen and oxygen atoms in total. The molecule has 0 aromatic rings. The average Bonchev–Trinajstić information content (AvgIpc) is 1.59. The Morgan fingerprint density at radius 1 is 1.50 bits per heavy atom. The largest absolute Gasteiger partial charge is 0.320 e. The van der Waals surface area contributed by atoms with Crippen LogP contribution in [0.25, 0.3) is 0 Å². The zero-order valence-corrected chi connectivity index (χ0v) is 6.13. The van der Waals surface area contributed by atoms with Crippen molar-refractivity contribution in [3.63, 3.8) is 0 Å². The normalized spacial score (nSPS) is 10.9. The summed E-state index contributed by atoms with van der Waals surface area (Å²) >= 11 is 1.36. The van der Waals surface area contributed by atoms with Crippen molar-refractivity contribution in [2.24, 2.45) is 0 Å². The number of hydrogen-bond acceptors (Lipinski definition) is 2. The van der Waals surface area contributed by atoms with Crippen LogP contribution < -0.4 is 4.72 Å². The summed E-state index contributed by atoms with van der Waals surface area (Å²) in [5.74, 6) is 0. The molecule has 0 aromatic heterocycles. The minimum atomic E-state index is 0.0947. The lowest BCUT2D eigenvalue weighted by Crippen LogP contribution is -2.15. The molecule has 0 saturated carbocycles. The summed E-state index contributed by atoms with van der Waals surface area (Å²) in [4.78, 5) is 9.59. The summed E-state index contributed by atoms with van der Waals surface area (Å²) in [6.07, 6.45) is 1.59. The molecule has 0 spiro atoms. The van der Waals surface area contributed by atoms with Gasteiger partial charge in [-0.05, 0) is 32.7 Å². The maximum Gasteiger partial charge on any atom is 0.320 e. The molecule has 47 valence electrons. The third kappa shape index (κ3) is 5.82. The maximum absolute atomic E-state index is 9.59. The fraction of sp³-hybridized carbons (Fsp3) is 0.800. The molecular weight excluding hydrogens is 122 g/mol. The molecule has 1 N–H and O–H groups in total. The zero-order valence-electron chi connectivity index (χ0n) is 5.32. The molecule has 0 heterocycles. The predicted molar refractivity (Wildman–Crippen MR) is 36.2 cm³/mol. The van der Waals surface area contributed by atoms with Crippen molar-refractivity contribution in [3.05, 3.63) is 0 Å². The highest BCUT2D eigenvalue weighted by Gasteiger charge is 2.08. The van der Waals surface area contributed by atoms with E-state index in [4.69, 9.17) is 0 Å². The van der Waals surface area contributed by atoms with Gasteiger partial charge in [-0.25, -0.2) is 0 Å². The molecule has 0 rings (SSSR count).